The summed E-state index contributed by atoms with van der Waals surface area (Å²) in [6.07, 6.45) is 0. The van der Waals surface area contributed by atoms with Gasteiger partial charge in [0.25, 0.3) is 0 Å². The Balaban J connectivity index is 1.64. The van der Waals surface area contributed by atoms with E-state index in [-0.39, 0.29) is 5.78 Å². The van der Waals surface area contributed by atoms with Gasteiger partial charge in [0.2, 0.25) is 0 Å². The lowest BCUT2D eigenvalue weighted by Crippen LogP contribution is -2.33. The Labute approximate surface area is 171 Å². The number of anilines is 1. The molecule has 0 saturated heterocycles. The van der Waals surface area contributed by atoms with E-state index in [1.54, 1.807) is 35.6 Å². The van der Waals surface area contributed by atoms with E-state index in [2.05, 4.69) is 17.2 Å². The number of thiophene rings is 1. The van der Waals surface area contributed by atoms with Crippen LogP contribution in [0.1, 0.15) is 15.9 Å². The highest BCUT2D eigenvalue weighted by molar-refractivity contribution is 7.13. The number of amides is 2. The molecule has 0 saturated carbocycles. The highest BCUT2D eigenvalue weighted by Gasteiger charge is 2.13. The number of rotatable bonds is 7. The Morgan fingerprint density at radius 1 is 0.931 bits per heavy atom. The summed E-state index contributed by atoms with van der Waals surface area (Å²) >= 11 is 1.65. The molecule has 6 nitrogen and oxygen atoms in total. The summed E-state index contributed by atoms with van der Waals surface area (Å²) < 4.78 is 0. The van der Waals surface area contributed by atoms with E-state index in [4.69, 9.17) is 5.11 Å². The first kappa shape index (κ1) is 20.0. The van der Waals surface area contributed by atoms with Gasteiger partial charge in [0.1, 0.15) is 6.54 Å². The molecule has 3 aromatic rings. The lowest BCUT2D eigenvalue weighted by atomic mass is 9.97. The molecule has 3 rings (SSSR count). The Kier molecular flexibility index (Phi) is 6.21. The van der Waals surface area contributed by atoms with Gasteiger partial charge in [-0.3, -0.25) is 9.59 Å². The van der Waals surface area contributed by atoms with E-state index in [1.807, 2.05) is 41.8 Å². The predicted octanol–water partition coefficient (Wildman–Crippen LogP) is 4.52. The largest absolute Gasteiger partial charge is 0.480 e. The second kappa shape index (κ2) is 8.99. The fraction of sp³-hybridized carbons (Fsp3) is 0.0455. The molecule has 7 heteroatoms. The predicted molar refractivity (Wildman–Crippen MR) is 114 cm³/mol. The highest BCUT2D eigenvalue weighted by Crippen LogP contribution is 2.27. The molecule has 0 aliphatic heterocycles. The number of benzene rings is 2. The summed E-state index contributed by atoms with van der Waals surface area (Å²) in [5.74, 6) is -1.35. The molecular formula is C22H18N2O4S. The molecule has 3 N–H and O–H groups in total. The van der Waals surface area contributed by atoms with Crippen molar-refractivity contribution in [3.63, 3.8) is 0 Å². The van der Waals surface area contributed by atoms with Crippen molar-refractivity contribution >= 4 is 40.4 Å². The number of carbonyl (C=O) groups is 3. The molecule has 2 aromatic carbocycles. The lowest BCUT2D eigenvalue weighted by molar-refractivity contribution is -0.135. The summed E-state index contributed by atoms with van der Waals surface area (Å²) in [5, 5.41) is 15.3. The third kappa shape index (κ3) is 5.18. The van der Waals surface area contributed by atoms with Crippen molar-refractivity contribution in [3.8, 4) is 10.4 Å². The van der Waals surface area contributed by atoms with Crippen LogP contribution in [0.25, 0.3) is 16.0 Å². The molecular weight excluding hydrogens is 388 g/mol. The number of hydrogen-bond donors (Lipinski definition) is 3. The molecule has 1 heterocycles. The summed E-state index contributed by atoms with van der Waals surface area (Å²) in [5.41, 5.74) is 3.08. The molecule has 0 radical (unpaired) electrons. The van der Waals surface area contributed by atoms with Gasteiger partial charge in [0.15, 0.2) is 5.78 Å². The van der Waals surface area contributed by atoms with E-state index in [9.17, 15) is 14.4 Å². The summed E-state index contributed by atoms with van der Waals surface area (Å²) in [4.78, 5) is 35.9. The van der Waals surface area contributed by atoms with Crippen LogP contribution < -0.4 is 10.6 Å². The second-order valence-corrected chi connectivity index (χ2v) is 7.09. The quantitative estimate of drug-likeness (QED) is 0.397. The first-order valence-electron chi connectivity index (χ1n) is 8.68. The Morgan fingerprint density at radius 2 is 1.59 bits per heavy atom. The molecule has 2 amide bonds. The van der Waals surface area contributed by atoms with Crippen molar-refractivity contribution in [2.24, 2.45) is 0 Å². The minimum atomic E-state index is -1.14. The summed E-state index contributed by atoms with van der Waals surface area (Å²) in [7, 11) is 0. The SMILES string of the molecule is C=C(C(=O)c1ccc(NC(=O)NCC(=O)O)cc1)c1ccc(-c2cccs2)cc1. The maximum atomic E-state index is 12.7. The zero-order valence-corrected chi connectivity index (χ0v) is 16.2. The average molecular weight is 406 g/mol. The first-order chi connectivity index (χ1) is 13.9. The molecule has 0 bridgehead atoms. The average Bonchev–Trinajstić information content (AvgIpc) is 3.27. The van der Waals surface area contributed by atoms with Crippen LogP contribution in [0.3, 0.4) is 0 Å². The number of nitrogens with one attached hydrogen (secondary N) is 2. The Hall–Kier alpha value is -3.71. The summed E-state index contributed by atoms with van der Waals surface area (Å²) in [6, 6.07) is 17.4. The third-order valence-electron chi connectivity index (χ3n) is 4.12. The van der Waals surface area contributed by atoms with Gasteiger partial charge in [-0.2, -0.15) is 0 Å². The lowest BCUT2D eigenvalue weighted by Gasteiger charge is -2.09. The number of allylic oxidation sites excluding steroid dienone is 1. The van der Waals surface area contributed by atoms with E-state index in [0.717, 1.165) is 16.0 Å². The van der Waals surface area contributed by atoms with Gasteiger partial charge >= 0.3 is 12.0 Å². The van der Waals surface area contributed by atoms with Crippen molar-refractivity contribution in [2.45, 2.75) is 0 Å². The maximum Gasteiger partial charge on any atom is 0.323 e. The number of carboxylic acids is 1. The highest BCUT2D eigenvalue weighted by atomic mass is 32.1. The van der Waals surface area contributed by atoms with Gasteiger partial charge < -0.3 is 15.7 Å². The van der Waals surface area contributed by atoms with Crippen molar-refractivity contribution < 1.29 is 19.5 Å². The van der Waals surface area contributed by atoms with Crippen LogP contribution in [0.2, 0.25) is 0 Å². The zero-order chi connectivity index (χ0) is 20.8. The number of urea groups is 1. The summed E-state index contributed by atoms with van der Waals surface area (Å²) in [6.45, 7) is 3.44. The molecule has 0 atom stereocenters. The molecule has 0 spiro atoms. The fourth-order valence-corrected chi connectivity index (χ4v) is 3.35. The van der Waals surface area contributed by atoms with Crippen LogP contribution in [0.5, 0.6) is 0 Å². The van der Waals surface area contributed by atoms with Crippen molar-refractivity contribution in [3.05, 3.63) is 83.7 Å². The van der Waals surface area contributed by atoms with E-state index in [1.165, 1.54) is 0 Å². The first-order valence-corrected chi connectivity index (χ1v) is 9.56. The number of carboxylic acid groups (broad SMARTS) is 1. The van der Waals surface area contributed by atoms with Crippen LogP contribution in [0, 0.1) is 0 Å². The van der Waals surface area contributed by atoms with E-state index in [0.29, 0.717) is 16.8 Å². The Morgan fingerprint density at radius 3 is 2.17 bits per heavy atom. The van der Waals surface area contributed by atoms with Crippen LogP contribution in [-0.4, -0.2) is 29.4 Å². The standard InChI is InChI=1S/C22H18N2O4S/c1-14(15-4-6-16(7-5-15)19-3-2-12-29-19)21(27)17-8-10-18(11-9-17)24-22(28)23-13-20(25)26/h2-12H,1,13H2,(H,25,26)(H2,23,24,28). The molecule has 0 unspecified atom stereocenters. The second-order valence-electron chi connectivity index (χ2n) is 6.14. The maximum absolute atomic E-state index is 12.7. The molecule has 146 valence electrons. The Bertz CT molecular complexity index is 1040. The van der Waals surface area contributed by atoms with Gasteiger partial charge in [-0.05, 0) is 46.8 Å². The van der Waals surface area contributed by atoms with Gasteiger partial charge in [0, 0.05) is 21.7 Å². The molecule has 0 aliphatic rings. The van der Waals surface area contributed by atoms with Crippen molar-refractivity contribution in [1.29, 1.82) is 0 Å². The van der Waals surface area contributed by atoms with Crippen LogP contribution in [0.4, 0.5) is 10.5 Å². The topological polar surface area (TPSA) is 95.5 Å². The fourth-order valence-electron chi connectivity index (χ4n) is 2.62. The van der Waals surface area contributed by atoms with Gasteiger partial charge in [0.05, 0.1) is 0 Å². The van der Waals surface area contributed by atoms with Crippen LogP contribution in [-0.2, 0) is 4.79 Å². The van der Waals surface area contributed by atoms with Gasteiger partial charge in [-0.25, -0.2) is 4.79 Å². The van der Waals surface area contributed by atoms with E-state index < -0.39 is 18.5 Å². The zero-order valence-electron chi connectivity index (χ0n) is 15.3. The number of aliphatic carboxylic acids is 1. The third-order valence-corrected chi connectivity index (χ3v) is 5.04. The number of Topliss-reactive ketones (excluding diaryl/α,β-unsaturated/α-hetero) is 1. The number of hydrogen-bond acceptors (Lipinski definition) is 4. The smallest absolute Gasteiger partial charge is 0.323 e. The van der Waals surface area contributed by atoms with Crippen LogP contribution >= 0.6 is 11.3 Å². The molecule has 29 heavy (non-hydrogen) atoms. The molecule has 0 fully saturated rings. The van der Waals surface area contributed by atoms with Gasteiger partial charge in [-0.15, -0.1) is 11.3 Å². The van der Waals surface area contributed by atoms with Crippen molar-refractivity contribution in [1.82, 2.24) is 5.32 Å². The monoisotopic (exact) mass is 406 g/mol. The molecule has 0 aliphatic carbocycles. The molecule has 1 aromatic heterocycles. The number of carbonyl (C=O) groups excluding carboxylic acids is 2. The van der Waals surface area contributed by atoms with E-state index >= 15 is 0 Å². The van der Waals surface area contributed by atoms with Gasteiger partial charge in [-0.1, -0.05) is 36.9 Å². The minimum Gasteiger partial charge on any atom is -0.480 e. The number of ketones is 1. The normalized spacial score (nSPS) is 10.2. The van der Waals surface area contributed by atoms with Crippen LogP contribution in [0.15, 0.2) is 72.6 Å². The minimum absolute atomic E-state index is 0.212. The van der Waals surface area contributed by atoms with Crippen molar-refractivity contribution in [2.75, 3.05) is 11.9 Å².